The number of aromatic amines is 1. The van der Waals surface area contributed by atoms with Gasteiger partial charge < -0.3 is 0 Å². The van der Waals surface area contributed by atoms with Gasteiger partial charge in [-0.15, -0.1) is 0 Å². The van der Waals surface area contributed by atoms with Crippen LogP contribution in [-0.2, 0) is 9.59 Å². The van der Waals surface area contributed by atoms with E-state index in [1.807, 2.05) is 0 Å². The Kier molecular flexibility index (Phi) is 4.60. The monoisotopic (exact) mass is 155 g/mol. The van der Waals surface area contributed by atoms with Crippen LogP contribution in [0.4, 0.5) is 0 Å². The molecule has 11 heavy (non-hydrogen) atoms. The number of nitrogens with one attached hydrogen (secondary N) is 1. The number of carbonyl (C=O) groups excluding carboxylic acids is 2. The van der Waals surface area contributed by atoms with Crippen molar-refractivity contribution in [2.75, 3.05) is 0 Å². The Bertz CT molecular complexity index is 212. The van der Waals surface area contributed by atoms with Crippen LogP contribution in [0.3, 0.4) is 0 Å². The van der Waals surface area contributed by atoms with Crippen LogP contribution < -0.4 is 0 Å². The molecule has 0 unspecified atom stereocenters. The Morgan fingerprint density at radius 3 is 2.27 bits per heavy atom. The predicted molar refractivity (Wildman–Crippen MR) is 35.5 cm³/mol. The van der Waals surface area contributed by atoms with Gasteiger partial charge in [-0.2, -0.15) is 25.0 Å². The zero-order valence-corrected chi connectivity index (χ0v) is 6.37. The van der Waals surface area contributed by atoms with E-state index in [2.05, 4.69) is 29.3 Å². The van der Waals surface area contributed by atoms with Crippen LogP contribution in [-0.4, -0.2) is 21.6 Å². The average molecular weight is 155 g/mol. The van der Waals surface area contributed by atoms with Gasteiger partial charge in [-0.25, -0.2) is 0 Å². The second-order valence-corrected chi connectivity index (χ2v) is 2.13. The van der Waals surface area contributed by atoms with Crippen molar-refractivity contribution in [1.29, 1.82) is 0 Å². The number of H-pyrrole nitrogens is 1. The van der Waals surface area contributed by atoms with E-state index in [0.29, 0.717) is 5.92 Å². The average Bonchev–Trinajstić information content (AvgIpc) is 2.38. The van der Waals surface area contributed by atoms with Gasteiger partial charge in [0.2, 0.25) is 0 Å². The van der Waals surface area contributed by atoms with E-state index in [1.165, 1.54) is 0 Å². The summed E-state index contributed by atoms with van der Waals surface area (Å²) < 4.78 is 0. The highest BCUT2D eigenvalue weighted by Crippen LogP contribution is 2.06. The molecule has 1 N–H and O–H groups in total. The van der Waals surface area contributed by atoms with E-state index in [-0.39, 0.29) is 6.15 Å². The molecule has 5 heteroatoms. The molecule has 1 aromatic heterocycles. The summed E-state index contributed by atoms with van der Waals surface area (Å²) in [6.07, 6.45) is 1.99. The van der Waals surface area contributed by atoms with Gasteiger partial charge in [0.05, 0.1) is 11.9 Å². The van der Waals surface area contributed by atoms with Gasteiger partial charge in [-0.3, -0.25) is 0 Å². The lowest BCUT2D eigenvalue weighted by Crippen LogP contribution is -1.85. The maximum absolute atomic E-state index is 8.12. The number of rotatable bonds is 1. The summed E-state index contributed by atoms with van der Waals surface area (Å²) in [7, 11) is 0. The van der Waals surface area contributed by atoms with Gasteiger partial charge in [0.15, 0.2) is 0 Å². The van der Waals surface area contributed by atoms with E-state index in [4.69, 9.17) is 9.59 Å². The predicted octanol–water partition coefficient (Wildman–Crippen LogP) is 0.345. The molecule has 0 radical (unpaired) electrons. The van der Waals surface area contributed by atoms with E-state index >= 15 is 0 Å². The Morgan fingerprint density at radius 2 is 2.09 bits per heavy atom. The lowest BCUT2D eigenvalue weighted by Gasteiger charge is -1.92. The Labute approximate surface area is 63.8 Å². The summed E-state index contributed by atoms with van der Waals surface area (Å²) in [5.41, 5.74) is 1.02. The number of hydrogen-bond acceptors (Lipinski definition) is 4. The first-order valence-electron chi connectivity index (χ1n) is 3.07. The highest BCUT2D eigenvalue weighted by molar-refractivity contribution is 5.20. The van der Waals surface area contributed by atoms with Crippen LogP contribution in [0.5, 0.6) is 0 Å². The molecule has 0 atom stereocenters. The lowest BCUT2D eigenvalue weighted by atomic mass is 10.2. The fourth-order valence-corrected chi connectivity index (χ4v) is 0.489. The van der Waals surface area contributed by atoms with Crippen molar-refractivity contribution in [3.63, 3.8) is 0 Å². The van der Waals surface area contributed by atoms with Crippen molar-refractivity contribution in [2.45, 2.75) is 19.8 Å². The van der Waals surface area contributed by atoms with Gasteiger partial charge in [0.25, 0.3) is 0 Å². The van der Waals surface area contributed by atoms with Gasteiger partial charge >= 0.3 is 6.15 Å². The van der Waals surface area contributed by atoms with Gasteiger partial charge in [-0.05, 0) is 5.92 Å². The normalized spacial score (nSPS) is 8.27. The van der Waals surface area contributed by atoms with E-state index in [1.54, 1.807) is 6.20 Å². The molecule has 5 nitrogen and oxygen atoms in total. The molecule has 1 heterocycles. The molecule has 0 bridgehead atoms. The SMILES string of the molecule is CC(C)c1cn[nH]n1.O=C=O. The molecule has 0 saturated carbocycles. The minimum atomic E-state index is 0.250. The smallest absolute Gasteiger partial charge is 0.198 e. The fraction of sp³-hybridized carbons (Fsp3) is 0.500. The lowest BCUT2D eigenvalue weighted by molar-refractivity contribution is -0.191. The van der Waals surface area contributed by atoms with Crippen molar-refractivity contribution in [3.8, 4) is 0 Å². The summed E-state index contributed by atoms with van der Waals surface area (Å²) in [6.45, 7) is 4.16. The molecule has 1 aromatic rings. The number of nitrogens with zero attached hydrogens (tertiary/aromatic N) is 2. The maximum atomic E-state index is 8.12. The highest BCUT2D eigenvalue weighted by Gasteiger charge is 1.98. The van der Waals surface area contributed by atoms with Crippen molar-refractivity contribution in [2.24, 2.45) is 0 Å². The second-order valence-electron chi connectivity index (χ2n) is 2.13. The maximum Gasteiger partial charge on any atom is 0.373 e. The third kappa shape index (κ3) is 4.00. The molecule has 0 saturated heterocycles. The third-order valence-corrected chi connectivity index (χ3v) is 1.03. The third-order valence-electron chi connectivity index (χ3n) is 1.03. The standard InChI is InChI=1S/C5H9N3.CO2/c1-4(2)5-3-6-8-7-5;2-1-3/h3-4H,1-2H3,(H,6,7,8);. The summed E-state index contributed by atoms with van der Waals surface area (Å²) in [6, 6.07) is 0. The summed E-state index contributed by atoms with van der Waals surface area (Å²) >= 11 is 0. The molecular formula is C6H9N3O2. The highest BCUT2D eigenvalue weighted by atomic mass is 16.2. The van der Waals surface area contributed by atoms with E-state index < -0.39 is 0 Å². The molecular weight excluding hydrogens is 146 g/mol. The largest absolute Gasteiger partial charge is 0.373 e. The van der Waals surface area contributed by atoms with Crippen molar-refractivity contribution >= 4 is 6.15 Å². The zero-order chi connectivity index (χ0) is 8.69. The Morgan fingerprint density at radius 1 is 1.55 bits per heavy atom. The molecule has 1 rings (SSSR count). The molecule has 0 amide bonds. The quantitative estimate of drug-likeness (QED) is 0.634. The summed E-state index contributed by atoms with van der Waals surface area (Å²) in [4.78, 5) is 16.2. The summed E-state index contributed by atoms with van der Waals surface area (Å²) in [5.74, 6) is 0.480. The molecule has 60 valence electrons. The van der Waals surface area contributed by atoms with Crippen LogP contribution in [0.25, 0.3) is 0 Å². The molecule has 0 aliphatic carbocycles. The van der Waals surface area contributed by atoms with Crippen LogP contribution in [0.2, 0.25) is 0 Å². The fourth-order valence-electron chi connectivity index (χ4n) is 0.489. The molecule has 0 aliphatic rings. The topological polar surface area (TPSA) is 75.7 Å². The van der Waals surface area contributed by atoms with Gasteiger partial charge in [0.1, 0.15) is 0 Å². The van der Waals surface area contributed by atoms with Gasteiger partial charge in [-0.1, -0.05) is 13.8 Å². The van der Waals surface area contributed by atoms with Crippen LogP contribution >= 0.6 is 0 Å². The zero-order valence-electron chi connectivity index (χ0n) is 6.37. The molecule has 0 fully saturated rings. The molecule has 0 spiro atoms. The molecule has 0 aromatic carbocycles. The summed E-state index contributed by atoms with van der Waals surface area (Å²) in [5, 5.41) is 10.1. The minimum absolute atomic E-state index is 0.250. The first-order valence-corrected chi connectivity index (χ1v) is 3.07. The van der Waals surface area contributed by atoms with E-state index in [0.717, 1.165) is 5.69 Å². The van der Waals surface area contributed by atoms with E-state index in [9.17, 15) is 0 Å². The van der Waals surface area contributed by atoms with Crippen LogP contribution in [0.15, 0.2) is 6.20 Å². The second kappa shape index (κ2) is 5.32. The first-order chi connectivity index (χ1) is 5.22. The minimum Gasteiger partial charge on any atom is -0.198 e. The molecule has 0 aliphatic heterocycles. The van der Waals surface area contributed by atoms with Crippen LogP contribution in [0.1, 0.15) is 25.5 Å². The van der Waals surface area contributed by atoms with Crippen molar-refractivity contribution in [1.82, 2.24) is 15.4 Å². The van der Waals surface area contributed by atoms with Crippen molar-refractivity contribution < 1.29 is 9.59 Å². The first kappa shape index (κ1) is 9.52. The van der Waals surface area contributed by atoms with Gasteiger partial charge in [0, 0.05) is 0 Å². The van der Waals surface area contributed by atoms with Crippen molar-refractivity contribution in [3.05, 3.63) is 11.9 Å². The Balaban J connectivity index is 0.000000292. The Hall–Kier alpha value is -1.48. The number of hydrogen-bond donors (Lipinski definition) is 1. The number of aromatic nitrogens is 3. The van der Waals surface area contributed by atoms with Crippen LogP contribution in [0, 0.1) is 0 Å².